The third kappa shape index (κ3) is 3.26. The number of hydrogen-bond acceptors (Lipinski definition) is 4. The van der Waals surface area contributed by atoms with E-state index in [2.05, 4.69) is 16.8 Å². The number of morpholine rings is 1. The van der Waals surface area contributed by atoms with Crippen LogP contribution < -0.4 is 9.88 Å². The first-order chi connectivity index (χ1) is 10.6. The molecule has 3 rings (SSSR count). The first-order valence-corrected chi connectivity index (χ1v) is 9.36. The number of H-pyrrole nitrogens is 1. The molecule has 0 aliphatic carbocycles. The van der Waals surface area contributed by atoms with Gasteiger partial charge in [-0.05, 0) is 24.8 Å². The van der Waals surface area contributed by atoms with E-state index < -0.39 is 10.0 Å². The fourth-order valence-electron chi connectivity index (χ4n) is 3.10. The van der Waals surface area contributed by atoms with Crippen molar-refractivity contribution in [3.05, 3.63) is 18.3 Å². The van der Waals surface area contributed by atoms with Gasteiger partial charge in [-0.2, -0.15) is 4.31 Å². The van der Waals surface area contributed by atoms with Crippen molar-refractivity contribution in [2.45, 2.75) is 24.7 Å². The Labute approximate surface area is 132 Å². The number of nitrogens with zero attached hydrogens (tertiary/aromatic N) is 2. The van der Waals surface area contributed by atoms with E-state index >= 15 is 0 Å². The molecule has 1 aromatic rings. The van der Waals surface area contributed by atoms with E-state index in [1.54, 1.807) is 12.3 Å². The van der Waals surface area contributed by atoms with Crippen LogP contribution in [0.15, 0.2) is 23.2 Å². The molecule has 3 heterocycles. The lowest BCUT2D eigenvalue weighted by Crippen LogP contribution is -2.41. The Hall–Kier alpha value is -1.18. The van der Waals surface area contributed by atoms with Gasteiger partial charge in [0.05, 0.1) is 26.3 Å². The van der Waals surface area contributed by atoms with Gasteiger partial charge in [-0.25, -0.2) is 13.4 Å². The smallest absolute Gasteiger partial charge is 0.274 e. The number of ether oxygens (including phenoxy) is 1. The molecule has 0 unspecified atom stereocenters. The van der Waals surface area contributed by atoms with Crippen molar-refractivity contribution < 1.29 is 18.1 Å². The van der Waals surface area contributed by atoms with Gasteiger partial charge in [0.1, 0.15) is 11.1 Å². The number of rotatable bonds is 3. The van der Waals surface area contributed by atoms with Crippen molar-refractivity contribution in [3.8, 4) is 0 Å². The number of sulfonamides is 1. The minimum absolute atomic E-state index is 0.322. The highest BCUT2D eigenvalue weighted by Gasteiger charge is 2.28. The maximum Gasteiger partial charge on any atom is 0.274 e. The summed E-state index contributed by atoms with van der Waals surface area (Å²) in [6.45, 7) is 6.08. The van der Waals surface area contributed by atoms with Crippen molar-refractivity contribution >= 4 is 15.8 Å². The Kier molecular flexibility index (Phi) is 4.65. The first kappa shape index (κ1) is 15.7. The molecule has 2 aliphatic heterocycles. The minimum atomic E-state index is -3.42. The van der Waals surface area contributed by atoms with Gasteiger partial charge in [0.2, 0.25) is 10.0 Å². The molecule has 0 aromatic carbocycles. The molecule has 2 aliphatic rings. The zero-order valence-corrected chi connectivity index (χ0v) is 13.8. The molecule has 0 amide bonds. The number of aromatic amines is 1. The maximum atomic E-state index is 12.6. The largest absolute Gasteiger partial charge is 0.379 e. The van der Waals surface area contributed by atoms with Gasteiger partial charge < -0.3 is 4.74 Å². The molecule has 2 saturated heterocycles. The van der Waals surface area contributed by atoms with Crippen molar-refractivity contribution in [1.82, 2.24) is 4.31 Å². The number of piperidine rings is 1. The predicted molar refractivity (Wildman–Crippen MR) is 83.2 cm³/mol. The van der Waals surface area contributed by atoms with Crippen molar-refractivity contribution in [2.24, 2.45) is 5.92 Å². The Balaban J connectivity index is 1.75. The maximum absolute atomic E-state index is 12.6. The fourth-order valence-corrected chi connectivity index (χ4v) is 4.48. The molecule has 6 nitrogen and oxygen atoms in total. The van der Waals surface area contributed by atoms with E-state index in [0.29, 0.717) is 37.1 Å². The summed E-state index contributed by atoms with van der Waals surface area (Å²) in [5.41, 5.74) is 0. The number of pyridine rings is 1. The predicted octanol–water partition coefficient (Wildman–Crippen LogP) is 0.758. The van der Waals surface area contributed by atoms with Crippen LogP contribution in [0.3, 0.4) is 0 Å². The molecule has 0 saturated carbocycles. The second kappa shape index (κ2) is 6.52. The number of nitrogens with one attached hydrogen (secondary N) is 1. The number of aromatic nitrogens is 1. The monoisotopic (exact) mass is 326 g/mol. The highest BCUT2D eigenvalue weighted by Crippen LogP contribution is 2.21. The van der Waals surface area contributed by atoms with E-state index in [1.165, 1.54) is 17.1 Å². The standard InChI is InChI=1S/C15H23N3O3S/c1-13-3-2-6-17(12-13)15-5-4-14(11-16-15)22(19,20)18-7-9-21-10-8-18/h4-5,11,13H,2-3,6-10,12H2,1H3/p+1/t13-/m0/s1. The Morgan fingerprint density at radius 1 is 1.23 bits per heavy atom. The van der Waals surface area contributed by atoms with Gasteiger partial charge in [0.25, 0.3) is 5.82 Å². The zero-order valence-electron chi connectivity index (χ0n) is 13.0. The van der Waals surface area contributed by atoms with Gasteiger partial charge in [-0.3, -0.25) is 4.90 Å². The summed E-state index contributed by atoms with van der Waals surface area (Å²) in [6.07, 6.45) is 4.06. The molecule has 0 radical (unpaired) electrons. The van der Waals surface area contributed by atoms with Crippen LogP contribution in [0.25, 0.3) is 0 Å². The molecular weight excluding hydrogens is 302 g/mol. The van der Waals surface area contributed by atoms with Crippen molar-refractivity contribution in [1.29, 1.82) is 0 Å². The lowest BCUT2D eigenvalue weighted by atomic mass is 10.0. The second-order valence-electron chi connectivity index (χ2n) is 6.12. The lowest BCUT2D eigenvalue weighted by Gasteiger charge is -2.27. The first-order valence-electron chi connectivity index (χ1n) is 7.92. The van der Waals surface area contributed by atoms with Crippen molar-refractivity contribution in [2.75, 3.05) is 44.3 Å². The quantitative estimate of drug-likeness (QED) is 0.822. The molecular formula is C15H24N3O3S+. The van der Waals surface area contributed by atoms with E-state index in [4.69, 9.17) is 4.74 Å². The molecule has 2 fully saturated rings. The summed E-state index contributed by atoms with van der Waals surface area (Å²) in [4.78, 5) is 5.77. The fraction of sp³-hybridized carbons (Fsp3) is 0.667. The molecule has 7 heteroatoms. The molecule has 122 valence electrons. The Morgan fingerprint density at radius 2 is 2.00 bits per heavy atom. The molecule has 1 atom stereocenters. The van der Waals surface area contributed by atoms with Gasteiger partial charge >= 0.3 is 0 Å². The van der Waals surface area contributed by atoms with Gasteiger partial charge in [-0.15, -0.1) is 0 Å². The van der Waals surface area contributed by atoms with Crippen LogP contribution in [0.5, 0.6) is 0 Å². The van der Waals surface area contributed by atoms with E-state index in [-0.39, 0.29) is 0 Å². The average molecular weight is 326 g/mol. The topological polar surface area (TPSA) is 64.0 Å². The third-order valence-electron chi connectivity index (χ3n) is 4.37. The molecule has 22 heavy (non-hydrogen) atoms. The highest BCUT2D eigenvalue weighted by molar-refractivity contribution is 7.89. The highest BCUT2D eigenvalue weighted by atomic mass is 32.2. The normalized spacial score (nSPS) is 24.4. The van der Waals surface area contributed by atoms with E-state index in [0.717, 1.165) is 18.9 Å². The SMILES string of the molecule is C[C@H]1CCCN(c2ccc(S(=O)(=O)N3CCOCC3)c[nH+]2)C1. The second-order valence-corrected chi connectivity index (χ2v) is 8.06. The zero-order chi connectivity index (χ0) is 15.6. The van der Waals surface area contributed by atoms with Gasteiger partial charge in [0, 0.05) is 19.2 Å². The van der Waals surface area contributed by atoms with Crippen molar-refractivity contribution in [3.63, 3.8) is 0 Å². The van der Waals surface area contributed by atoms with Crippen LogP contribution in [-0.2, 0) is 14.8 Å². The summed E-state index contributed by atoms with van der Waals surface area (Å²) in [5.74, 6) is 1.67. The molecule has 0 spiro atoms. The van der Waals surface area contributed by atoms with E-state index in [9.17, 15) is 8.42 Å². The molecule has 1 aromatic heterocycles. The third-order valence-corrected chi connectivity index (χ3v) is 6.27. The van der Waals surface area contributed by atoms with Crippen LogP contribution in [0.1, 0.15) is 19.8 Å². The van der Waals surface area contributed by atoms with Crippen LogP contribution >= 0.6 is 0 Å². The van der Waals surface area contributed by atoms with Gasteiger partial charge in [-0.1, -0.05) is 6.92 Å². The lowest BCUT2D eigenvalue weighted by molar-refractivity contribution is -0.367. The summed E-state index contributed by atoms with van der Waals surface area (Å²) in [5, 5.41) is 0. The molecule has 1 N–H and O–H groups in total. The van der Waals surface area contributed by atoms with Crippen LogP contribution in [-0.4, -0.2) is 52.1 Å². The van der Waals surface area contributed by atoms with Crippen LogP contribution in [0.2, 0.25) is 0 Å². The summed E-state index contributed by atoms with van der Waals surface area (Å²) in [6, 6.07) is 3.58. The summed E-state index contributed by atoms with van der Waals surface area (Å²) >= 11 is 0. The van der Waals surface area contributed by atoms with E-state index in [1.807, 2.05) is 6.07 Å². The van der Waals surface area contributed by atoms with Gasteiger partial charge in [0.15, 0.2) is 0 Å². The molecule has 0 bridgehead atoms. The van der Waals surface area contributed by atoms with Crippen LogP contribution in [0.4, 0.5) is 5.82 Å². The Morgan fingerprint density at radius 3 is 2.64 bits per heavy atom. The number of anilines is 1. The Bertz CT molecular complexity index is 597. The summed E-state index contributed by atoms with van der Waals surface area (Å²) in [7, 11) is -3.42. The number of hydrogen-bond donors (Lipinski definition) is 0. The minimum Gasteiger partial charge on any atom is -0.379 e. The van der Waals surface area contributed by atoms with Crippen LogP contribution in [0, 0.1) is 5.92 Å². The average Bonchev–Trinajstić information content (AvgIpc) is 2.56. The summed E-state index contributed by atoms with van der Waals surface area (Å²) < 4.78 is 31.8.